The van der Waals surface area contributed by atoms with Gasteiger partial charge < -0.3 is 29.2 Å². The van der Waals surface area contributed by atoms with Crippen LogP contribution >= 0.6 is 11.6 Å². The molecule has 0 unspecified atom stereocenters. The fourth-order valence-electron chi connectivity index (χ4n) is 6.47. The van der Waals surface area contributed by atoms with Gasteiger partial charge in [-0.2, -0.15) is 9.97 Å². The van der Waals surface area contributed by atoms with Crippen LogP contribution in [-0.4, -0.2) is 95.7 Å². The zero-order valence-corrected chi connectivity index (χ0v) is 26.2. The summed E-state index contributed by atoms with van der Waals surface area (Å²) in [5.41, 5.74) is 2.97. The molecule has 0 radical (unpaired) electrons. The summed E-state index contributed by atoms with van der Waals surface area (Å²) in [5.74, 6) is 1.47. The maximum absolute atomic E-state index is 12.6. The lowest BCUT2D eigenvalue weighted by molar-refractivity contribution is -0.128. The number of piperazine rings is 1. The number of hydrogen-bond donors (Lipinski definition) is 0. The predicted octanol–water partition coefficient (Wildman–Crippen LogP) is 4.47. The van der Waals surface area contributed by atoms with Gasteiger partial charge in [-0.05, 0) is 51.3 Å². The molecule has 1 aromatic carbocycles. The number of anilines is 2. The van der Waals surface area contributed by atoms with Gasteiger partial charge in [-0.1, -0.05) is 30.3 Å². The number of carbonyl (C=O) groups excluding carboxylic acids is 1. The smallest absolute Gasteiger partial charge is 0.318 e. The zero-order chi connectivity index (χ0) is 30.8. The Bertz CT molecular complexity index is 1580. The first kappa shape index (κ1) is 30.1. The average Bonchev–Trinajstić information content (AvgIpc) is 3.89. The van der Waals surface area contributed by atoms with E-state index >= 15 is 0 Å². The third kappa shape index (κ3) is 6.17. The Morgan fingerprint density at radius 1 is 1.25 bits per heavy atom. The first-order chi connectivity index (χ1) is 21.4. The standard InChI is InChI=1S/C33H39ClN8O2/c1-5-30(43)42-14-13-41(20-25(42)18-35-3)32-26-11-12-40(29-19-36-17-24-7-6-8-27(34)31(24)29)21-28(26)37-33(38-32)44-16-15-39(4)22(2)23-9-10-23/h5-8,17,19,22-23,25H,1,9-16,18,20-21H2,2,4H3/t22-,25-/m0/s1. The number of pyridine rings is 1. The number of fused-ring (bicyclic) bond motifs is 2. The third-order valence-corrected chi connectivity index (χ3v) is 9.61. The molecule has 11 heteroatoms. The van der Waals surface area contributed by atoms with Crippen LogP contribution in [0.15, 0.2) is 43.2 Å². The molecule has 6 rings (SSSR count). The molecule has 0 N–H and O–H groups in total. The van der Waals surface area contributed by atoms with E-state index in [9.17, 15) is 4.79 Å². The summed E-state index contributed by atoms with van der Waals surface area (Å²) in [6, 6.07) is 6.52. The van der Waals surface area contributed by atoms with Crippen LogP contribution in [0.4, 0.5) is 11.5 Å². The third-order valence-electron chi connectivity index (χ3n) is 9.29. The minimum Gasteiger partial charge on any atom is -0.462 e. The van der Waals surface area contributed by atoms with Gasteiger partial charge in [0.1, 0.15) is 18.5 Å². The van der Waals surface area contributed by atoms with Gasteiger partial charge in [-0.3, -0.25) is 9.78 Å². The summed E-state index contributed by atoms with van der Waals surface area (Å²) < 4.78 is 6.24. The number of nitrogens with zero attached hydrogens (tertiary/aromatic N) is 8. The van der Waals surface area contributed by atoms with E-state index < -0.39 is 0 Å². The van der Waals surface area contributed by atoms with Gasteiger partial charge in [0, 0.05) is 61.3 Å². The highest BCUT2D eigenvalue weighted by atomic mass is 35.5. The maximum Gasteiger partial charge on any atom is 0.318 e. The number of carbonyl (C=O) groups is 1. The molecule has 3 aliphatic rings. The van der Waals surface area contributed by atoms with Crippen molar-refractivity contribution in [1.82, 2.24) is 24.8 Å². The van der Waals surface area contributed by atoms with E-state index in [4.69, 9.17) is 32.9 Å². The molecule has 2 atom stereocenters. The molecule has 0 bridgehead atoms. The van der Waals surface area contributed by atoms with E-state index in [1.807, 2.05) is 30.6 Å². The first-order valence-electron chi connectivity index (χ1n) is 15.4. The molecule has 44 heavy (non-hydrogen) atoms. The highest BCUT2D eigenvalue weighted by Gasteiger charge is 2.35. The highest BCUT2D eigenvalue weighted by Crippen LogP contribution is 2.37. The average molecular weight is 615 g/mol. The number of aromatic nitrogens is 3. The van der Waals surface area contributed by atoms with Crippen LogP contribution in [0.5, 0.6) is 6.01 Å². The van der Waals surface area contributed by atoms with Gasteiger partial charge in [-0.25, -0.2) is 6.57 Å². The second-order valence-corrected chi connectivity index (χ2v) is 12.4. The zero-order valence-electron chi connectivity index (χ0n) is 25.5. The van der Waals surface area contributed by atoms with Crippen LogP contribution in [0.25, 0.3) is 15.6 Å². The number of likely N-dealkylation sites (N-methyl/N-ethyl adjacent to an activating group) is 1. The fourth-order valence-corrected chi connectivity index (χ4v) is 6.75. The molecule has 0 spiro atoms. The van der Waals surface area contributed by atoms with Crippen LogP contribution in [0, 0.1) is 12.5 Å². The minimum absolute atomic E-state index is 0.144. The number of rotatable bonds is 10. The molecule has 2 aliphatic heterocycles. The Labute approximate surface area is 264 Å². The van der Waals surface area contributed by atoms with Crippen LogP contribution in [-0.2, 0) is 17.8 Å². The van der Waals surface area contributed by atoms with Gasteiger partial charge in [0.05, 0.1) is 29.1 Å². The minimum atomic E-state index is -0.247. The molecule has 1 saturated carbocycles. The number of halogens is 1. The predicted molar refractivity (Wildman–Crippen MR) is 173 cm³/mol. The van der Waals surface area contributed by atoms with Crippen molar-refractivity contribution in [2.45, 2.75) is 44.8 Å². The molecular weight excluding hydrogens is 576 g/mol. The SMILES string of the molecule is [C-]#[N+]C[C@H]1CN(c2nc(OCCN(C)[C@@H](C)C3CC3)nc3c2CCN(c2cncc4cccc(Cl)c24)C3)CCN1C(=O)C=C. The summed E-state index contributed by atoms with van der Waals surface area (Å²) in [6.07, 6.45) is 8.38. The Morgan fingerprint density at radius 3 is 2.86 bits per heavy atom. The summed E-state index contributed by atoms with van der Waals surface area (Å²) in [5, 5.41) is 2.67. The second-order valence-electron chi connectivity index (χ2n) is 12.0. The van der Waals surface area contributed by atoms with Crippen LogP contribution in [0.2, 0.25) is 5.02 Å². The Hall–Kier alpha value is -3.94. The quantitative estimate of drug-likeness (QED) is 0.244. The van der Waals surface area contributed by atoms with E-state index in [1.54, 1.807) is 4.90 Å². The summed E-state index contributed by atoms with van der Waals surface area (Å²) >= 11 is 6.68. The Kier molecular flexibility index (Phi) is 8.87. The van der Waals surface area contributed by atoms with Crippen molar-refractivity contribution in [1.29, 1.82) is 0 Å². The van der Waals surface area contributed by atoms with E-state index in [1.165, 1.54) is 18.9 Å². The van der Waals surface area contributed by atoms with E-state index in [2.05, 4.69) is 45.1 Å². The summed E-state index contributed by atoms with van der Waals surface area (Å²) in [6.45, 7) is 17.9. The normalized spacial score (nSPS) is 19.1. The van der Waals surface area contributed by atoms with Crippen molar-refractivity contribution in [3.8, 4) is 6.01 Å². The lowest BCUT2D eigenvalue weighted by Crippen LogP contribution is -2.56. The molecule has 1 saturated heterocycles. The number of amides is 1. The first-order valence-corrected chi connectivity index (χ1v) is 15.8. The van der Waals surface area contributed by atoms with Crippen molar-refractivity contribution in [3.05, 3.63) is 70.9 Å². The van der Waals surface area contributed by atoms with Gasteiger partial charge in [0.15, 0.2) is 0 Å². The highest BCUT2D eigenvalue weighted by molar-refractivity contribution is 6.36. The molecule has 1 aliphatic carbocycles. The topological polar surface area (TPSA) is 82.3 Å². The maximum atomic E-state index is 12.6. The van der Waals surface area contributed by atoms with E-state index in [0.717, 1.165) is 59.0 Å². The fraction of sp³-hybridized carbons (Fsp3) is 0.485. The molecule has 2 fully saturated rings. The molecule has 2 aromatic heterocycles. The molecule has 230 valence electrons. The van der Waals surface area contributed by atoms with Gasteiger partial charge >= 0.3 is 6.01 Å². The molecule has 1 amide bonds. The molecule has 3 aromatic rings. The van der Waals surface area contributed by atoms with Crippen molar-refractivity contribution < 1.29 is 9.53 Å². The molecular formula is C33H39ClN8O2. The Balaban J connectivity index is 1.30. The van der Waals surface area contributed by atoms with Crippen LogP contribution < -0.4 is 14.5 Å². The Morgan fingerprint density at radius 2 is 2.09 bits per heavy atom. The van der Waals surface area contributed by atoms with Gasteiger partial charge in [0.2, 0.25) is 12.5 Å². The van der Waals surface area contributed by atoms with Gasteiger partial charge in [0.25, 0.3) is 0 Å². The molecule has 4 heterocycles. The van der Waals surface area contributed by atoms with Crippen molar-refractivity contribution in [3.63, 3.8) is 0 Å². The summed E-state index contributed by atoms with van der Waals surface area (Å²) in [7, 11) is 2.15. The second kappa shape index (κ2) is 13.0. The van der Waals surface area contributed by atoms with Crippen molar-refractivity contribution in [2.75, 3.05) is 62.7 Å². The van der Waals surface area contributed by atoms with Crippen LogP contribution in [0.1, 0.15) is 31.0 Å². The van der Waals surface area contributed by atoms with Gasteiger partial charge in [-0.15, -0.1) is 0 Å². The monoisotopic (exact) mass is 614 g/mol. The number of ether oxygens (including phenoxy) is 1. The van der Waals surface area contributed by atoms with Crippen molar-refractivity contribution >= 4 is 39.8 Å². The largest absolute Gasteiger partial charge is 0.462 e. The lowest BCUT2D eigenvalue weighted by atomic mass is 10.0. The lowest BCUT2D eigenvalue weighted by Gasteiger charge is -2.41. The van der Waals surface area contributed by atoms with E-state index in [-0.39, 0.29) is 18.5 Å². The molecule has 10 nitrogen and oxygen atoms in total. The van der Waals surface area contributed by atoms with Crippen LogP contribution in [0.3, 0.4) is 0 Å². The van der Waals surface area contributed by atoms with E-state index in [0.29, 0.717) is 49.9 Å². The van der Waals surface area contributed by atoms with Crippen molar-refractivity contribution in [2.24, 2.45) is 5.92 Å². The number of hydrogen-bond acceptors (Lipinski definition) is 8. The summed E-state index contributed by atoms with van der Waals surface area (Å²) in [4.78, 5) is 39.2. The number of benzene rings is 1.